The van der Waals surface area contributed by atoms with Crippen molar-refractivity contribution in [2.45, 2.75) is 18.3 Å². The van der Waals surface area contributed by atoms with Crippen LogP contribution in [0.1, 0.15) is 18.5 Å². The maximum Gasteiger partial charge on any atom is 0.235 e. The molecule has 0 atom stereocenters. The van der Waals surface area contributed by atoms with Gasteiger partial charge in [0.25, 0.3) is 0 Å². The van der Waals surface area contributed by atoms with E-state index in [9.17, 15) is 9.18 Å². The Labute approximate surface area is 140 Å². The van der Waals surface area contributed by atoms with Gasteiger partial charge in [0.1, 0.15) is 5.82 Å². The van der Waals surface area contributed by atoms with Crippen molar-refractivity contribution in [2.75, 3.05) is 33.2 Å². The Morgan fingerprint density at radius 1 is 1.21 bits per heavy atom. The number of piperazine rings is 1. The molecule has 2 fully saturated rings. The summed E-state index contributed by atoms with van der Waals surface area (Å²) in [5.41, 5.74) is 0.437. The van der Waals surface area contributed by atoms with Crippen LogP contribution in [0.4, 0.5) is 4.39 Å². The number of benzene rings is 1. The van der Waals surface area contributed by atoms with Gasteiger partial charge in [-0.05, 0) is 32.0 Å². The monoisotopic (exact) mass is 329 g/mol. The van der Waals surface area contributed by atoms with Crippen molar-refractivity contribution >= 4 is 5.91 Å². The summed E-state index contributed by atoms with van der Waals surface area (Å²) < 4.78 is 19.3. The SMILES string of the molecule is CN1CCN(C(=O)C2(c3cc(-c4ccccc4F)on3)CC2)CC1. The van der Waals surface area contributed by atoms with E-state index in [1.807, 2.05) is 4.90 Å². The molecule has 1 aromatic carbocycles. The van der Waals surface area contributed by atoms with E-state index in [1.54, 1.807) is 24.3 Å². The van der Waals surface area contributed by atoms with Crippen LogP contribution >= 0.6 is 0 Å². The second-order valence-electron chi connectivity index (χ2n) is 6.73. The summed E-state index contributed by atoms with van der Waals surface area (Å²) in [6.07, 6.45) is 1.56. The average molecular weight is 329 g/mol. The van der Waals surface area contributed by atoms with Crippen LogP contribution in [0.3, 0.4) is 0 Å². The van der Waals surface area contributed by atoms with Crippen molar-refractivity contribution in [3.63, 3.8) is 0 Å². The van der Waals surface area contributed by atoms with Gasteiger partial charge in [-0.2, -0.15) is 0 Å². The predicted molar refractivity (Wildman–Crippen MR) is 86.9 cm³/mol. The molecule has 0 unspecified atom stereocenters. The van der Waals surface area contributed by atoms with Crippen molar-refractivity contribution in [3.8, 4) is 11.3 Å². The Morgan fingerprint density at radius 3 is 2.58 bits per heavy atom. The lowest BCUT2D eigenvalue weighted by Crippen LogP contribution is -2.50. The lowest BCUT2D eigenvalue weighted by Gasteiger charge is -2.34. The molecule has 1 aromatic heterocycles. The maximum atomic E-state index is 13.9. The van der Waals surface area contributed by atoms with Crippen molar-refractivity contribution in [1.82, 2.24) is 15.0 Å². The fourth-order valence-electron chi connectivity index (χ4n) is 3.31. The zero-order valence-corrected chi connectivity index (χ0v) is 13.7. The molecular formula is C18H20FN3O2. The number of halogens is 1. The zero-order chi connectivity index (χ0) is 16.7. The zero-order valence-electron chi connectivity index (χ0n) is 13.7. The van der Waals surface area contributed by atoms with Gasteiger partial charge in [-0.25, -0.2) is 4.39 Å². The van der Waals surface area contributed by atoms with Crippen molar-refractivity contribution in [1.29, 1.82) is 0 Å². The van der Waals surface area contributed by atoms with E-state index < -0.39 is 5.41 Å². The topological polar surface area (TPSA) is 49.6 Å². The molecule has 5 nitrogen and oxygen atoms in total. The van der Waals surface area contributed by atoms with Crippen LogP contribution in [-0.2, 0) is 10.2 Å². The third-order valence-corrected chi connectivity index (χ3v) is 5.09. The Bertz CT molecular complexity index is 761. The van der Waals surface area contributed by atoms with Crippen molar-refractivity contribution < 1.29 is 13.7 Å². The molecule has 0 N–H and O–H groups in total. The number of amides is 1. The first-order valence-electron chi connectivity index (χ1n) is 8.30. The highest BCUT2D eigenvalue weighted by molar-refractivity contribution is 5.91. The van der Waals surface area contributed by atoms with Gasteiger partial charge < -0.3 is 14.3 Å². The smallest absolute Gasteiger partial charge is 0.235 e. The number of hydrogen-bond donors (Lipinski definition) is 0. The van der Waals surface area contributed by atoms with E-state index in [1.165, 1.54) is 6.07 Å². The summed E-state index contributed by atoms with van der Waals surface area (Å²) in [4.78, 5) is 17.1. The highest BCUT2D eigenvalue weighted by atomic mass is 19.1. The number of rotatable bonds is 3. The van der Waals surface area contributed by atoms with Crippen LogP contribution in [0.5, 0.6) is 0 Å². The van der Waals surface area contributed by atoms with E-state index in [2.05, 4.69) is 17.1 Å². The van der Waals surface area contributed by atoms with Gasteiger partial charge in [0.05, 0.1) is 16.7 Å². The molecule has 1 aliphatic heterocycles. The standard InChI is InChI=1S/C18H20FN3O2/c1-21-8-10-22(11-9-21)17(23)18(6-7-18)16-12-15(24-20-16)13-4-2-3-5-14(13)19/h2-5,12H,6-11H2,1H3. The summed E-state index contributed by atoms with van der Waals surface area (Å²) >= 11 is 0. The largest absolute Gasteiger partial charge is 0.356 e. The maximum absolute atomic E-state index is 13.9. The molecule has 2 aliphatic rings. The molecule has 0 bridgehead atoms. The number of likely N-dealkylation sites (N-methyl/N-ethyl adjacent to an activating group) is 1. The van der Waals surface area contributed by atoms with E-state index in [0.717, 1.165) is 39.0 Å². The molecule has 1 saturated carbocycles. The lowest BCUT2D eigenvalue weighted by atomic mass is 9.99. The first-order valence-corrected chi connectivity index (χ1v) is 8.30. The molecule has 6 heteroatoms. The first kappa shape index (κ1) is 15.3. The summed E-state index contributed by atoms with van der Waals surface area (Å²) in [7, 11) is 2.06. The number of aromatic nitrogens is 1. The quantitative estimate of drug-likeness (QED) is 0.867. The summed E-state index contributed by atoms with van der Waals surface area (Å²) in [6.45, 7) is 3.27. The number of carbonyl (C=O) groups excluding carboxylic acids is 1. The van der Waals surface area contributed by atoms with Gasteiger partial charge >= 0.3 is 0 Å². The molecule has 1 amide bonds. The highest BCUT2D eigenvalue weighted by Crippen LogP contribution is 2.50. The number of hydrogen-bond acceptors (Lipinski definition) is 4. The molecular weight excluding hydrogens is 309 g/mol. The van der Waals surface area contributed by atoms with Crippen LogP contribution in [0.2, 0.25) is 0 Å². The van der Waals surface area contributed by atoms with E-state index in [-0.39, 0.29) is 11.7 Å². The van der Waals surface area contributed by atoms with Gasteiger partial charge in [-0.1, -0.05) is 17.3 Å². The van der Waals surface area contributed by atoms with E-state index in [0.29, 0.717) is 17.0 Å². The Hall–Kier alpha value is -2.21. The molecule has 24 heavy (non-hydrogen) atoms. The van der Waals surface area contributed by atoms with Crippen LogP contribution in [0.25, 0.3) is 11.3 Å². The van der Waals surface area contributed by atoms with Crippen LogP contribution in [0, 0.1) is 5.82 Å². The molecule has 1 aliphatic carbocycles. The Kier molecular flexibility index (Phi) is 3.64. The minimum atomic E-state index is -0.567. The van der Waals surface area contributed by atoms with Crippen LogP contribution < -0.4 is 0 Å². The van der Waals surface area contributed by atoms with Gasteiger partial charge in [0.15, 0.2) is 5.76 Å². The molecule has 126 valence electrons. The third-order valence-electron chi connectivity index (χ3n) is 5.09. The molecule has 0 radical (unpaired) electrons. The van der Waals surface area contributed by atoms with E-state index in [4.69, 9.17) is 4.52 Å². The van der Waals surface area contributed by atoms with Crippen molar-refractivity contribution in [3.05, 3.63) is 41.8 Å². The second kappa shape index (κ2) is 5.70. The van der Waals surface area contributed by atoms with Gasteiger partial charge in [-0.15, -0.1) is 0 Å². The molecule has 2 aromatic rings. The molecule has 0 spiro atoms. The van der Waals surface area contributed by atoms with Crippen molar-refractivity contribution in [2.24, 2.45) is 0 Å². The second-order valence-corrected chi connectivity index (χ2v) is 6.73. The predicted octanol–water partition coefficient (Wildman–Crippen LogP) is 2.29. The third kappa shape index (κ3) is 2.51. The minimum absolute atomic E-state index is 0.129. The molecule has 4 rings (SSSR count). The highest BCUT2D eigenvalue weighted by Gasteiger charge is 2.55. The minimum Gasteiger partial charge on any atom is -0.356 e. The van der Waals surface area contributed by atoms with Crippen LogP contribution in [0.15, 0.2) is 34.9 Å². The Balaban J connectivity index is 1.58. The van der Waals surface area contributed by atoms with Gasteiger partial charge in [0.2, 0.25) is 5.91 Å². The van der Waals surface area contributed by atoms with Crippen LogP contribution in [-0.4, -0.2) is 54.1 Å². The normalized spacial score (nSPS) is 20.2. The fraction of sp³-hybridized carbons (Fsp3) is 0.444. The Morgan fingerprint density at radius 2 is 1.92 bits per heavy atom. The number of nitrogens with zero attached hydrogens (tertiary/aromatic N) is 3. The first-order chi connectivity index (χ1) is 11.6. The lowest BCUT2D eigenvalue weighted by molar-refractivity contribution is -0.135. The number of carbonyl (C=O) groups is 1. The fourth-order valence-corrected chi connectivity index (χ4v) is 3.31. The summed E-state index contributed by atoms with van der Waals surface area (Å²) in [5.74, 6) is 0.153. The van der Waals surface area contributed by atoms with Gasteiger partial charge in [0, 0.05) is 32.2 Å². The average Bonchev–Trinajstić information content (AvgIpc) is 3.26. The molecule has 2 heterocycles. The summed E-state index contributed by atoms with van der Waals surface area (Å²) in [6, 6.07) is 8.15. The summed E-state index contributed by atoms with van der Waals surface area (Å²) in [5, 5.41) is 4.10. The van der Waals surface area contributed by atoms with Gasteiger partial charge in [-0.3, -0.25) is 4.79 Å². The molecule has 1 saturated heterocycles. The van der Waals surface area contributed by atoms with E-state index >= 15 is 0 Å².